The number of aromatic nitrogens is 3. The summed E-state index contributed by atoms with van der Waals surface area (Å²) in [5, 5.41) is 0. The number of fused-ring (bicyclic) bond motifs is 4. The lowest BCUT2D eigenvalue weighted by atomic mass is 9.88. The smallest absolute Gasteiger partial charge is 0.382 e. The van der Waals surface area contributed by atoms with E-state index in [1.165, 1.54) is 22.7 Å². The second kappa shape index (κ2) is 8.30. The average Bonchev–Trinajstić information content (AvgIpc) is 3.33. The van der Waals surface area contributed by atoms with Crippen molar-refractivity contribution in [2.45, 2.75) is 36.7 Å². The largest absolute Gasteiger partial charge is 0.458 e. The minimum Gasteiger partial charge on any atom is -0.382 e. The lowest BCUT2D eigenvalue weighted by Gasteiger charge is -2.41. The van der Waals surface area contributed by atoms with Crippen LogP contribution in [0.2, 0.25) is 0 Å². The van der Waals surface area contributed by atoms with E-state index < -0.39 is 28.5 Å². The first-order chi connectivity index (χ1) is 17.2. The van der Waals surface area contributed by atoms with Gasteiger partial charge in [-0.1, -0.05) is 12.1 Å². The molecular weight excluding hydrogens is 513 g/mol. The van der Waals surface area contributed by atoms with Gasteiger partial charge in [0.25, 0.3) is 5.91 Å². The Morgan fingerprint density at radius 3 is 2.57 bits per heavy atom. The van der Waals surface area contributed by atoms with E-state index in [1.807, 2.05) is 0 Å². The molecule has 1 amide bonds. The first-order valence-corrected chi connectivity index (χ1v) is 12.2. The van der Waals surface area contributed by atoms with Crippen LogP contribution in [0.25, 0.3) is 16.6 Å². The number of nitrogen functional groups attached to an aromatic ring is 1. The second-order valence-electron chi connectivity index (χ2n) is 9.48. The Kier molecular flexibility index (Phi) is 5.67. The van der Waals surface area contributed by atoms with Gasteiger partial charge in [-0.15, -0.1) is 11.8 Å². The van der Waals surface area contributed by atoms with Gasteiger partial charge in [0.1, 0.15) is 11.3 Å². The van der Waals surface area contributed by atoms with Gasteiger partial charge in [0, 0.05) is 28.7 Å². The Morgan fingerprint density at radius 2 is 1.86 bits per heavy atom. The number of carbonyl (C=O) groups excluding carboxylic acids is 1. The summed E-state index contributed by atoms with van der Waals surface area (Å²) in [6, 6.07) is 7.41. The van der Waals surface area contributed by atoms with Crippen LogP contribution < -0.4 is 5.73 Å². The molecule has 0 aliphatic carbocycles. The van der Waals surface area contributed by atoms with Gasteiger partial charge in [0.15, 0.2) is 0 Å². The highest BCUT2D eigenvalue weighted by Crippen LogP contribution is 2.51. The molecule has 2 aromatic carbocycles. The zero-order chi connectivity index (χ0) is 26.9. The van der Waals surface area contributed by atoms with Crippen molar-refractivity contribution in [3.8, 4) is 0 Å². The van der Waals surface area contributed by atoms with Crippen molar-refractivity contribution in [2.75, 3.05) is 18.5 Å². The quantitative estimate of drug-likeness (QED) is 0.330. The molecule has 1 atom stereocenters. The summed E-state index contributed by atoms with van der Waals surface area (Å²) in [7, 11) is 1.59. The molecule has 5 rings (SSSR count). The molecule has 1 aliphatic heterocycles. The van der Waals surface area contributed by atoms with Gasteiger partial charge in [-0.05, 0) is 49.2 Å². The maximum absolute atomic E-state index is 14.1. The summed E-state index contributed by atoms with van der Waals surface area (Å²) >= 11 is 1.39. The molecule has 194 valence electrons. The fourth-order valence-corrected chi connectivity index (χ4v) is 5.97. The van der Waals surface area contributed by atoms with Crippen molar-refractivity contribution in [3.05, 3.63) is 71.2 Å². The molecular formula is C25H22F5N5OS. The topological polar surface area (TPSA) is 76.5 Å². The Balaban J connectivity index is 1.53. The van der Waals surface area contributed by atoms with Crippen LogP contribution in [-0.4, -0.2) is 44.2 Å². The number of hydrogen-bond donors (Lipinski definition) is 1. The van der Waals surface area contributed by atoms with Crippen molar-refractivity contribution in [2.24, 2.45) is 0 Å². The van der Waals surface area contributed by atoms with Crippen LogP contribution in [0, 0.1) is 0 Å². The van der Waals surface area contributed by atoms with Crippen molar-refractivity contribution < 1.29 is 26.7 Å². The maximum atomic E-state index is 14.1. The molecule has 1 aliphatic rings. The first-order valence-electron chi connectivity index (χ1n) is 11.2. The number of nitrogens with zero attached hydrogens (tertiary/aromatic N) is 4. The highest BCUT2D eigenvalue weighted by Gasteiger charge is 2.59. The summed E-state index contributed by atoms with van der Waals surface area (Å²) in [5.41, 5.74) is 7.88. The van der Waals surface area contributed by atoms with E-state index in [9.17, 15) is 26.7 Å². The van der Waals surface area contributed by atoms with E-state index in [1.54, 1.807) is 56.0 Å². The number of alkyl halides is 5. The predicted molar refractivity (Wildman–Crippen MR) is 132 cm³/mol. The van der Waals surface area contributed by atoms with Crippen LogP contribution in [0.1, 0.15) is 46.9 Å². The van der Waals surface area contributed by atoms with Gasteiger partial charge < -0.3 is 10.6 Å². The van der Waals surface area contributed by atoms with E-state index in [0.717, 1.165) is 12.1 Å². The zero-order valence-corrected chi connectivity index (χ0v) is 20.8. The van der Waals surface area contributed by atoms with Crippen molar-refractivity contribution in [1.82, 2.24) is 19.3 Å². The predicted octanol–water partition coefficient (Wildman–Crippen LogP) is 5.91. The van der Waals surface area contributed by atoms with E-state index in [0.29, 0.717) is 44.8 Å². The van der Waals surface area contributed by atoms with Crippen molar-refractivity contribution in [3.63, 3.8) is 0 Å². The highest BCUT2D eigenvalue weighted by atomic mass is 32.2. The molecule has 0 saturated carbocycles. The summed E-state index contributed by atoms with van der Waals surface area (Å²) in [4.78, 5) is 23.5. The zero-order valence-electron chi connectivity index (χ0n) is 20.0. The normalized spacial score (nSPS) is 17.7. The van der Waals surface area contributed by atoms with Crippen molar-refractivity contribution in [1.29, 1.82) is 0 Å². The molecule has 0 fully saturated rings. The summed E-state index contributed by atoms with van der Waals surface area (Å²) in [6.07, 6.45) is -2.58. The first kappa shape index (κ1) is 25.2. The number of imidazole rings is 1. The lowest BCUT2D eigenvalue weighted by Crippen LogP contribution is -2.38. The van der Waals surface area contributed by atoms with Gasteiger partial charge in [-0.25, -0.2) is 9.97 Å². The third-order valence-corrected chi connectivity index (χ3v) is 8.22. The number of thioether (sulfide) groups is 1. The van der Waals surface area contributed by atoms with Crippen LogP contribution in [0.15, 0.2) is 48.9 Å². The Labute approximate surface area is 212 Å². The number of halogens is 5. The van der Waals surface area contributed by atoms with Gasteiger partial charge in [0.2, 0.25) is 0 Å². The molecule has 37 heavy (non-hydrogen) atoms. The number of benzene rings is 2. The molecule has 2 aromatic heterocycles. The molecule has 6 nitrogen and oxygen atoms in total. The number of hydrogen-bond acceptors (Lipinski definition) is 5. The standard InChI is InChI=1S/C25H22F5N5OS/c1-23(2)16-9-14(24(26,27)25(28,29)30)5-6-15(16)20(11-37-23)34(3)22(36)13-4-7-17-18(8-13)35-12-32-10-19(35)21(31)33-17/h4-10,12,20H,11H2,1-3H3,(H2,31,33)/t20-/m1/s1. The van der Waals surface area contributed by atoms with Gasteiger partial charge in [-0.2, -0.15) is 22.0 Å². The second-order valence-corrected chi connectivity index (χ2v) is 11.1. The molecule has 0 radical (unpaired) electrons. The van der Waals surface area contributed by atoms with Gasteiger partial charge in [-0.3, -0.25) is 9.20 Å². The molecule has 3 heterocycles. The minimum absolute atomic E-state index is 0.301. The number of anilines is 1. The monoisotopic (exact) mass is 535 g/mol. The average molecular weight is 536 g/mol. The summed E-state index contributed by atoms with van der Waals surface area (Å²) in [5.74, 6) is -4.59. The Hall–Kier alpha value is -3.41. The molecule has 0 bridgehead atoms. The Morgan fingerprint density at radius 1 is 1.14 bits per heavy atom. The number of carbonyl (C=O) groups is 1. The molecule has 12 heteroatoms. The fourth-order valence-electron chi connectivity index (χ4n) is 4.66. The van der Waals surface area contributed by atoms with Gasteiger partial charge >= 0.3 is 12.1 Å². The third kappa shape index (κ3) is 3.97. The van der Waals surface area contributed by atoms with Crippen molar-refractivity contribution >= 4 is 40.0 Å². The van der Waals surface area contributed by atoms with Crippen LogP contribution in [-0.2, 0) is 10.7 Å². The van der Waals surface area contributed by atoms with Crippen LogP contribution in [0.4, 0.5) is 27.8 Å². The summed E-state index contributed by atoms with van der Waals surface area (Å²) < 4.78 is 68.3. The Bertz CT molecular complexity index is 1550. The molecule has 4 aromatic rings. The fraction of sp³-hybridized carbons (Fsp3) is 0.320. The number of rotatable bonds is 3. The molecule has 0 unspecified atom stereocenters. The molecule has 2 N–H and O–H groups in total. The van der Waals surface area contributed by atoms with Gasteiger partial charge in [0.05, 0.1) is 29.6 Å². The maximum Gasteiger partial charge on any atom is 0.458 e. The SMILES string of the molecule is CN(C(=O)c1ccc2nc(N)c3cncn3c2c1)[C@@H]1CSC(C)(C)c2cc(C(F)(F)C(F)(F)F)ccc21. The minimum atomic E-state index is -5.71. The third-order valence-electron chi connectivity index (χ3n) is 6.79. The number of amides is 1. The molecule has 0 spiro atoms. The summed E-state index contributed by atoms with van der Waals surface area (Å²) in [6.45, 7) is 3.53. The van der Waals surface area contributed by atoms with Crippen LogP contribution in [0.3, 0.4) is 0 Å². The van der Waals surface area contributed by atoms with E-state index in [4.69, 9.17) is 5.73 Å². The van der Waals surface area contributed by atoms with Crippen LogP contribution in [0.5, 0.6) is 0 Å². The van der Waals surface area contributed by atoms with E-state index in [2.05, 4.69) is 9.97 Å². The number of nitrogens with two attached hydrogens (primary N) is 1. The highest BCUT2D eigenvalue weighted by molar-refractivity contribution is 8.00. The van der Waals surface area contributed by atoms with Crippen LogP contribution >= 0.6 is 11.8 Å². The lowest BCUT2D eigenvalue weighted by molar-refractivity contribution is -0.289. The van der Waals surface area contributed by atoms with E-state index in [-0.39, 0.29) is 5.91 Å². The van der Waals surface area contributed by atoms with E-state index >= 15 is 0 Å². The molecule has 0 saturated heterocycles.